The van der Waals surface area contributed by atoms with Crippen LogP contribution < -0.4 is 15.2 Å². The summed E-state index contributed by atoms with van der Waals surface area (Å²) in [6.45, 7) is 0.381. The van der Waals surface area contributed by atoms with E-state index in [9.17, 15) is 4.79 Å². The maximum absolute atomic E-state index is 10.6. The molecule has 1 atom stereocenters. The Bertz CT molecular complexity index is 461. The normalized spacial score (nSPS) is 12.0. The topological polar surface area (TPSA) is 91.0 Å². The van der Waals surface area contributed by atoms with Gasteiger partial charge in [-0.1, -0.05) is 0 Å². The Morgan fingerprint density at radius 3 is 2.40 bits per heavy atom. The Hall–Kier alpha value is -1.79. The third-order valence-corrected chi connectivity index (χ3v) is 3.00. The molecular formula is C14H21NO5. The van der Waals surface area contributed by atoms with Gasteiger partial charge in [-0.2, -0.15) is 0 Å². The van der Waals surface area contributed by atoms with Gasteiger partial charge in [0.05, 0.1) is 20.8 Å². The minimum Gasteiger partial charge on any atom is -0.496 e. The molecule has 6 nitrogen and oxygen atoms in total. The van der Waals surface area contributed by atoms with Gasteiger partial charge < -0.3 is 25.1 Å². The highest BCUT2D eigenvalue weighted by Gasteiger charge is 2.17. The second kappa shape index (κ2) is 7.72. The summed E-state index contributed by atoms with van der Waals surface area (Å²) in [7, 11) is 4.70. The van der Waals surface area contributed by atoms with Crippen LogP contribution in [0.1, 0.15) is 30.0 Å². The lowest BCUT2D eigenvalue weighted by atomic mass is 9.99. The van der Waals surface area contributed by atoms with E-state index in [4.69, 9.17) is 25.1 Å². The third-order valence-electron chi connectivity index (χ3n) is 3.00. The Morgan fingerprint density at radius 2 is 1.90 bits per heavy atom. The maximum Gasteiger partial charge on any atom is 0.303 e. The van der Waals surface area contributed by atoms with Crippen molar-refractivity contribution in [2.24, 2.45) is 5.73 Å². The van der Waals surface area contributed by atoms with E-state index >= 15 is 0 Å². The molecular weight excluding hydrogens is 262 g/mol. The molecule has 20 heavy (non-hydrogen) atoms. The number of hydrogen-bond acceptors (Lipinski definition) is 5. The number of benzene rings is 1. The summed E-state index contributed by atoms with van der Waals surface area (Å²) >= 11 is 0. The molecule has 0 bridgehead atoms. The van der Waals surface area contributed by atoms with Gasteiger partial charge in [-0.15, -0.1) is 0 Å². The van der Waals surface area contributed by atoms with Crippen molar-refractivity contribution in [3.8, 4) is 11.5 Å². The lowest BCUT2D eigenvalue weighted by Crippen LogP contribution is -2.14. The zero-order valence-corrected chi connectivity index (χ0v) is 12.0. The first-order valence-electron chi connectivity index (χ1n) is 6.24. The van der Waals surface area contributed by atoms with Crippen molar-refractivity contribution in [2.75, 3.05) is 21.3 Å². The van der Waals surface area contributed by atoms with E-state index in [1.165, 1.54) is 7.11 Å². The predicted octanol–water partition coefficient (Wildman–Crippen LogP) is 1.71. The first kappa shape index (κ1) is 16.3. The molecule has 0 amide bonds. The zero-order valence-electron chi connectivity index (χ0n) is 12.0. The molecule has 0 aliphatic heterocycles. The quantitative estimate of drug-likeness (QED) is 0.754. The number of nitrogens with two attached hydrogens (primary N) is 1. The fourth-order valence-corrected chi connectivity index (χ4v) is 1.98. The van der Waals surface area contributed by atoms with Crippen LogP contribution in [0.3, 0.4) is 0 Å². The fraction of sp³-hybridized carbons (Fsp3) is 0.500. The molecule has 0 aliphatic rings. The van der Waals surface area contributed by atoms with Crippen LogP contribution in [0.2, 0.25) is 0 Å². The van der Waals surface area contributed by atoms with Crippen LogP contribution in [0, 0.1) is 0 Å². The van der Waals surface area contributed by atoms with Crippen molar-refractivity contribution in [3.63, 3.8) is 0 Å². The molecule has 0 aromatic heterocycles. The third kappa shape index (κ3) is 4.11. The Morgan fingerprint density at radius 1 is 1.25 bits per heavy atom. The van der Waals surface area contributed by atoms with E-state index in [0.29, 0.717) is 24.5 Å². The van der Waals surface area contributed by atoms with Gasteiger partial charge in [0.2, 0.25) is 0 Å². The SMILES string of the molecule is COCc1cc(C(N)CCC(=O)O)c(OC)cc1OC. The second-order valence-electron chi connectivity index (χ2n) is 4.38. The molecule has 0 radical (unpaired) electrons. The minimum absolute atomic E-state index is 0.00988. The summed E-state index contributed by atoms with van der Waals surface area (Å²) < 4.78 is 15.7. The molecule has 1 aromatic rings. The number of carbonyl (C=O) groups is 1. The van der Waals surface area contributed by atoms with Gasteiger partial charge in [0, 0.05) is 36.8 Å². The van der Waals surface area contributed by atoms with Crippen molar-refractivity contribution >= 4 is 5.97 Å². The van der Waals surface area contributed by atoms with E-state index in [2.05, 4.69) is 0 Å². The monoisotopic (exact) mass is 283 g/mol. The van der Waals surface area contributed by atoms with Gasteiger partial charge >= 0.3 is 5.97 Å². The Kier molecular flexibility index (Phi) is 6.27. The van der Waals surface area contributed by atoms with Crippen LogP contribution >= 0.6 is 0 Å². The zero-order chi connectivity index (χ0) is 15.1. The van der Waals surface area contributed by atoms with Crippen LogP contribution in [0.15, 0.2) is 12.1 Å². The summed E-state index contributed by atoms with van der Waals surface area (Å²) in [5.74, 6) is 0.363. The number of rotatable bonds is 8. The largest absolute Gasteiger partial charge is 0.496 e. The highest BCUT2D eigenvalue weighted by molar-refractivity contribution is 5.66. The van der Waals surface area contributed by atoms with Crippen molar-refractivity contribution in [1.82, 2.24) is 0 Å². The van der Waals surface area contributed by atoms with Gasteiger partial charge in [-0.05, 0) is 12.5 Å². The molecule has 0 aliphatic carbocycles. The van der Waals surface area contributed by atoms with Crippen molar-refractivity contribution in [3.05, 3.63) is 23.3 Å². The lowest BCUT2D eigenvalue weighted by molar-refractivity contribution is -0.137. The van der Waals surface area contributed by atoms with E-state index in [1.54, 1.807) is 20.3 Å². The molecule has 1 unspecified atom stereocenters. The number of carboxylic acid groups (broad SMARTS) is 1. The van der Waals surface area contributed by atoms with Crippen LogP contribution in [0.25, 0.3) is 0 Å². The molecule has 6 heteroatoms. The van der Waals surface area contributed by atoms with Crippen molar-refractivity contribution in [2.45, 2.75) is 25.5 Å². The first-order chi connectivity index (χ1) is 9.53. The number of carboxylic acids is 1. The molecule has 0 saturated heterocycles. The average Bonchev–Trinajstić information content (AvgIpc) is 2.44. The standard InChI is InChI=1S/C14H21NO5/c1-18-8-9-6-10(11(15)4-5-14(16)17)13(20-3)7-12(9)19-2/h6-7,11H,4-5,8,15H2,1-3H3,(H,16,17). The molecule has 0 fully saturated rings. The van der Waals surface area contributed by atoms with Crippen molar-refractivity contribution < 1.29 is 24.1 Å². The van der Waals surface area contributed by atoms with E-state index in [0.717, 1.165) is 11.1 Å². The van der Waals surface area contributed by atoms with Gasteiger partial charge in [0.15, 0.2) is 0 Å². The van der Waals surface area contributed by atoms with Crippen LogP contribution in [0.5, 0.6) is 11.5 Å². The van der Waals surface area contributed by atoms with Gasteiger partial charge in [0.25, 0.3) is 0 Å². The lowest BCUT2D eigenvalue weighted by Gasteiger charge is -2.18. The number of ether oxygens (including phenoxy) is 3. The van der Waals surface area contributed by atoms with Gasteiger partial charge in [0.1, 0.15) is 11.5 Å². The Labute approximate surface area is 118 Å². The molecule has 0 heterocycles. The summed E-state index contributed by atoms with van der Waals surface area (Å²) in [4.78, 5) is 10.6. The highest BCUT2D eigenvalue weighted by Crippen LogP contribution is 2.34. The summed E-state index contributed by atoms with van der Waals surface area (Å²) in [5, 5.41) is 8.73. The molecule has 1 aromatic carbocycles. The van der Waals surface area contributed by atoms with E-state index in [1.807, 2.05) is 6.07 Å². The maximum atomic E-state index is 10.6. The van der Waals surface area contributed by atoms with Crippen LogP contribution in [-0.2, 0) is 16.1 Å². The molecule has 0 spiro atoms. The minimum atomic E-state index is -0.870. The van der Waals surface area contributed by atoms with Gasteiger partial charge in [-0.25, -0.2) is 0 Å². The fourth-order valence-electron chi connectivity index (χ4n) is 1.98. The average molecular weight is 283 g/mol. The smallest absolute Gasteiger partial charge is 0.303 e. The van der Waals surface area contributed by atoms with E-state index < -0.39 is 12.0 Å². The number of aliphatic carboxylic acids is 1. The van der Waals surface area contributed by atoms with Crippen LogP contribution in [-0.4, -0.2) is 32.4 Å². The Balaban J connectivity index is 3.08. The highest BCUT2D eigenvalue weighted by atomic mass is 16.5. The van der Waals surface area contributed by atoms with Gasteiger partial charge in [-0.3, -0.25) is 4.79 Å². The number of hydrogen-bond donors (Lipinski definition) is 2. The summed E-state index contributed by atoms with van der Waals surface area (Å²) in [6, 6.07) is 3.17. The summed E-state index contributed by atoms with van der Waals surface area (Å²) in [6.07, 6.45) is 0.348. The predicted molar refractivity (Wildman–Crippen MR) is 74.1 cm³/mol. The van der Waals surface area contributed by atoms with Crippen LogP contribution in [0.4, 0.5) is 0 Å². The van der Waals surface area contributed by atoms with E-state index in [-0.39, 0.29) is 6.42 Å². The molecule has 0 saturated carbocycles. The molecule has 112 valence electrons. The van der Waals surface area contributed by atoms with Crippen molar-refractivity contribution in [1.29, 1.82) is 0 Å². The molecule has 3 N–H and O–H groups in total. The molecule has 1 rings (SSSR count). The first-order valence-corrected chi connectivity index (χ1v) is 6.24. The summed E-state index contributed by atoms with van der Waals surface area (Å²) in [5.41, 5.74) is 7.65. The number of methoxy groups -OCH3 is 3. The second-order valence-corrected chi connectivity index (χ2v) is 4.38.